The van der Waals surface area contributed by atoms with Crippen molar-refractivity contribution in [3.05, 3.63) is 60.0 Å². The molecular weight excluding hydrogens is 306 g/mol. The zero-order valence-corrected chi connectivity index (χ0v) is 13.2. The zero-order valence-electron chi connectivity index (χ0n) is 13.2. The number of rotatable bonds is 7. The van der Waals surface area contributed by atoms with Crippen LogP contribution in [0.4, 0.5) is 0 Å². The first-order chi connectivity index (χ1) is 11.7. The number of aromatic nitrogens is 1. The summed E-state index contributed by atoms with van der Waals surface area (Å²) in [7, 11) is 0. The van der Waals surface area contributed by atoms with E-state index in [2.05, 4.69) is 15.6 Å². The van der Waals surface area contributed by atoms with E-state index >= 15 is 0 Å². The molecule has 1 aromatic heterocycles. The van der Waals surface area contributed by atoms with E-state index in [1.54, 1.807) is 12.1 Å². The normalized spacial score (nSPS) is 10.8. The van der Waals surface area contributed by atoms with Crippen LogP contribution in [-0.4, -0.2) is 29.1 Å². The lowest BCUT2D eigenvalue weighted by Crippen LogP contribution is -2.34. The van der Waals surface area contributed by atoms with Gasteiger partial charge < -0.3 is 20.2 Å². The molecule has 0 aliphatic heterocycles. The molecule has 124 valence electrons. The predicted molar refractivity (Wildman–Crippen MR) is 90.5 cm³/mol. The molecule has 1 amide bonds. The summed E-state index contributed by atoms with van der Waals surface area (Å²) in [6, 6.07) is 14.7. The molecule has 0 saturated heterocycles. The second kappa shape index (κ2) is 7.61. The van der Waals surface area contributed by atoms with Gasteiger partial charge in [0, 0.05) is 25.6 Å². The van der Waals surface area contributed by atoms with E-state index in [-0.39, 0.29) is 18.2 Å². The Balaban J connectivity index is 1.39. The van der Waals surface area contributed by atoms with Crippen molar-refractivity contribution in [1.82, 2.24) is 15.6 Å². The number of fused-ring (bicyclic) bond motifs is 1. The molecule has 3 aromatic rings. The van der Waals surface area contributed by atoms with Gasteiger partial charge in [0.15, 0.2) is 11.5 Å². The summed E-state index contributed by atoms with van der Waals surface area (Å²) in [4.78, 5) is 16.1. The highest BCUT2D eigenvalue weighted by atomic mass is 16.3. The Kier molecular flexibility index (Phi) is 5.08. The molecule has 24 heavy (non-hydrogen) atoms. The van der Waals surface area contributed by atoms with Crippen molar-refractivity contribution in [1.29, 1.82) is 0 Å². The van der Waals surface area contributed by atoms with Crippen LogP contribution >= 0.6 is 0 Å². The SMILES string of the molecule is O=C(CNCc1ccccc1)NCCc1nc2ccc(O)cc2o1. The van der Waals surface area contributed by atoms with E-state index in [1.807, 2.05) is 30.3 Å². The third kappa shape index (κ3) is 4.33. The van der Waals surface area contributed by atoms with Crippen LogP contribution in [0.25, 0.3) is 11.1 Å². The van der Waals surface area contributed by atoms with Crippen molar-refractivity contribution in [3.63, 3.8) is 0 Å². The number of benzene rings is 2. The minimum absolute atomic E-state index is 0.0697. The Morgan fingerprint density at radius 1 is 1.17 bits per heavy atom. The van der Waals surface area contributed by atoms with Crippen molar-refractivity contribution in [2.75, 3.05) is 13.1 Å². The average molecular weight is 325 g/mol. The van der Waals surface area contributed by atoms with Crippen LogP contribution in [0.15, 0.2) is 52.9 Å². The number of carbonyl (C=O) groups excluding carboxylic acids is 1. The van der Waals surface area contributed by atoms with Gasteiger partial charge in [-0.05, 0) is 17.7 Å². The standard InChI is InChI=1S/C18H19N3O3/c22-14-6-7-15-16(10-14)24-18(21-15)8-9-20-17(23)12-19-11-13-4-2-1-3-5-13/h1-7,10,19,22H,8-9,11-12H2,(H,20,23). The summed E-state index contributed by atoms with van der Waals surface area (Å²) >= 11 is 0. The van der Waals surface area contributed by atoms with Crippen LogP contribution in [0.2, 0.25) is 0 Å². The fourth-order valence-corrected chi connectivity index (χ4v) is 2.36. The second-order valence-electron chi connectivity index (χ2n) is 5.45. The number of phenols is 1. The highest BCUT2D eigenvalue weighted by molar-refractivity contribution is 5.78. The molecule has 6 heteroatoms. The molecule has 6 nitrogen and oxygen atoms in total. The molecular formula is C18H19N3O3. The maximum Gasteiger partial charge on any atom is 0.233 e. The summed E-state index contributed by atoms with van der Waals surface area (Å²) in [5, 5.41) is 15.3. The third-order valence-electron chi connectivity index (χ3n) is 3.53. The van der Waals surface area contributed by atoms with Crippen LogP contribution < -0.4 is 10.6 Å². The molecule has 2 aromatic carbocycles. The monoisotopic (exact) mass is 325 g/mol. The number of nitrogens with zero attached hydrogens (tertiary/aromatic N) is 1. The van der Waals surface area contributed by atoms with Crippen LogP contribution in [0.1, 0.15) is 11.5 Å². The number of nitrogens with one attached hydrogen (secondary N) is 2. The summed E-state index contributed by atoms with van der Waals surface area (Å²) in [6.07, 6.45) is 0.500. The first-order valence-corrected chi connectivity index (χ1v) is 7.80. The maximum absolute atomic E-state index is 11.8. The number of hydrogen-bond donors (Lipinski definition) is 3. The van der Waals surface area contributed by atoms with Crippen molar-refractivity contribution >= 4 is 17.0 Å². The predicted octanol–water partition coefficient (Wildman–Crippen LogP) is 1.98. The highest BCUT2D eigenvalue weighted by Crippen LogP contribution is 2.20. The molecule has 3 rings (SSSR count). The minimum atomic E-state index is -0.0697. The Labute approximate surface area is 139 Å². The van der Waals surface area contributed by atoms with Crippen LogP contribution in [0.5, 0.6) is 5.75 Å². The number of hydrogen-bond acceptors (Lipinski definition) is 5. The molecule has 0 unspecified atom stereocenters. The molecule has 0 aliphatic carbocycles. The van der Waals surface area contributed by atoms with E-state index in [4.69, 9.17) is 4.42 Å². The molecule has 3 N–H and O–H groups in total. The van der Waals surface area contributed by atoms with Gasteiger partial charge in [-0.2, -0.15) is 0 Å². The maximum atomic E-state index is 11.8. The molecule has 0 atom stereocenters. The summed E-state index contributed by atoms with van der Waals surface area (Å²) in [6.45, 7) is 1.36. The molecule has 0 spiro atoms. The van der Waals surface area contributed by atoms with Crippen LogP contribution in [0.3, 0.4) is 0 Å². The van der Waals surface area contributed by atoms with Gasteiger partial charge in [0.1, 0.15) is 11.3 Å². The molecule has 0 aliphatic rings. The quantitative estimate of drug-likeness (QED) is 0.618. The Hall–Kier alpha value is -2.86. The number of aromatic hydroxyl groups is 1. The summed E-state index contributed by atoms with van der Waals surface area (Å²) in [5.74, 6) is 0.607. The Bertz CT molecular complexity index is 815. The van der Waals surface area contributed by atoms with Crippen molar-refractivity contribution < 1.29 is 14.3 Å². The topological polar surface area (TPSA) is 87.4 Å². The second-order valence-corrected chi connectivity index (χ2v) is 5.45. The third-order valence-corrected chi connectivity index (χ3v) is 3.53. The minimum Gasteiger partial charge on any atom is -0.508 e. The fourth-order valence-electron chi connectivity index (χ4n) is 2.36. The molecule has 0 radical (unpaired) electrons. The van der Waals surface area contributed by atoms with Gasteiger partial charge in [-0.25, -0.2) is 4.98 Å². The van der Waals surface area contributed by atoms with Gasteiger partial charge in [-0.1, -0.05) is 30.3 Å². The fraction of sp³-hybridized carbons (Fsp3) is 0.222. The highest BCUT2D eigenvalue weighted by Gasteiger charge is 2.07. The first kappa shape index (κ1) is 16.0. The lowest BCUT2D eigenvalue weighted by atomic mass is 10.2. The summed E-state index contributed by atoms with van der Waals surface area (Å²) in [5.41, 5.74) is 2.37. The number of phenolic OH excluding ortho intramolecular Hbond substituents is 1. The van der Waals surface area contributed by atoms with Crippen molar-refractivity contribution in [2.24, 2.45) is 0 Å². The van der Waals surface area contributed by atoms with Gasteiger partial charge >= 0.3 is 0 Å². The van der Waals surface area contributed by atoms with Gasteiger partial charge in [0.2, 0.25) is 5.91 Å². The Morgan fingerprint density at radius 2 is 2.00 bits per heavy atom. The van der Waals surface area contributed by atoms with E-state index < -0.39 is 0 Å². The van der Waals surface area contributed by atoms with Crippen LogP contribution in [-0.2, 0) is 17.8 Å². The van der Waals surface area contributed by atoms with Gasteiger partial charge in [0.05, 0.1) is 6.54 Å². The summed E-state index contributed by atoms with van der Waals surface area (Å²) < 4.78 is 5.53. The van der Waals surface area contributed by atoms with Crippen molar-refractivity contribution in [3.8, 4) is 5.75 Å². The van der Waals surface area contributed by atoms with E-state index in [0.29, 0.717) is 36.5 Å². The van der Waals surface area contributed by atoms with Crippen LogP contribution in [0, 0.1) is 0 Å². The van der Waals surface area contributed by atoms with Crippen molar-refractivity contribution in [2.45, 2.75) is 13.0 Å². The largest absolute Gasteiger partial charge is 0.508 e. The smallest absolute Gasteiger partial charge is 0.233 e. The van der Waals surface area contributed by atoms with Gasteiger partial charge in [0.25, 0.3) is 0 Å². The Morgan fingerprint density at radius 3 is 2.83 bits per heavy atom. The lowest BCUT2D eigenvalue weighted by molar-refractivity contribution is -0.120. The average Bonchev–Trinajstić information content (AvgIpc) is 2.97. The van der Waals surface area contributed by atoms with E-state index in [1.165, 1.54) is 6.07 Å². The molecule has 1 heterocycles. The van der Waals surface area contributed by atoms with E-state index in [9.17, 15) is 9.90 Å². The molecule has 0 bridgehead atoms. The lowest BCUT2D eigenvalue weighted by Gasteiger charge is -2.06. The molecule has 0 saturated carbocycles. The molecule has 0 fully saturated rings. The number of amides is 1. The first-order valence-electron chi connectivity index (χ1n) is 7.80. The zero-order chi connectivity index (χ0) is 16.8. The number of carbonyl (C=O) groups is 1. The number of oxazole rings is 1. The van der Waals surface area contributed by atoms with E-state index in [0.717, 1.165) is 5.56 Å². The van der Waals surface area contributed by atoms with Gasteiger partial charge in [-0.15, -0.1) is 0 Å². The van der Waals surface area contributed by atoms with Gasteiger partial charge in [-0.3, -0.25) is 4.79 Å².